The summed E-state index contributed by atoms with van der Waals surface area (Å²) in [5.41, 5.74) is 0.690. The van der Waals surface area contributed by atoms with E-state index in [4.69, 9.17) is 0 Å². The minimum Gasteiger partial charge on any atom is -0.346 e. The average Bonchev–Trinajstić information content (AvgIpc) is 2.54. The zero-order chi connectivity index (χ0) is 15.8. The summed E-state index contributed by atoms with van der Waals surface area (Å²) in [6.45, 7) is 10.4. The molecule has 1 fully saturated rings. The van der Waals surface area contributed by atoms with Crippen molar-refractivity contribution in [2.24, 2.45) is 11.8 Å². The maximum atomic E-state index is 13.7. The number of aryl methyl sites for hydroxylation is 1. The minimum absolute atomic E-state index is 0. The third kappa shape index (κ3) is 7.78. The van der Waals surface area contributed by atoms with Crippen LogP contribution < -0.4 is 0 Å². The third-order valence-electron chi connectivity index (χ3n) is 4.00. The summed E-state index contributed by atoms with van der Waals surface area (Å²) >= 11 is 0. The number of rotatable bonds is 3. The maximum absolute atomic E-state index is 13.7. The SMILES string of the molecule is C=CC1CCC(/C=C/c2ccc(C)c(F)c2F)CC1.[CH2-]C.[HH].[V].[Y]. The molecule has 4 heteroatoms. The van der Waals surface area contributed by atoms with Gasteiger partial charge in [0.2, 0.25) is 0 Å². The van der Waals surface area contributed by atoms with E-state index < -0.39 is 11.6 Å². The van der Waals surface area contributed by atoms with E-state index in [0.29, 0.717) is 23.0 Å². The first kappa shape index (κ1) is 25.5. The molecule has 0 atom stereocenters. The third-order valence-corrected chi connectivity index (χ3v) is 4.00. The van der Waals surface area contributed by atoms with Crippen LogP contribution >= 0.6 is 0 Å². The molecule has 0 N–H and O–H groups in total. The Kier molecular flexibility index (Phi) is 15.0. The van der Waals surface area contributed by atoms with Gasteiger partial charge in [0.05, 0.1) is 0 Å². The van der Waals surface area contributed by atoms with Gasteiger partial charge in [0.15, 0.2) is 11.6 Å². The molecule has 126 valence electrons. The van der Waals surface area contributed by atoms with Gasteiger partial charge in [0.1, 0.15) is 0 Å². The van der Waals surface area contributed by atoms with E-state index in [1.165, 1.54) is 0 Å². The molecule has 0 aliphatic heterocycles. The summed E-state index contributed by atoms with van der Waals surface area (Å²) in [5.74, 6) is -0.383. The monoisotopic (exact) mass is 433 g/mol. The van der Waals surface area contributed by atoms with Crippen molar-refractivity contribution in [2.45, 2.75) is 39.5 Å². The fraction of sp³-hybridized carbons (Fsp3) is 0.421. The largest absolute Gasteiger partial charge is 0.346 e. The van der Waals surface area contributed by atoms with Gasteiger partial charge in [-0.25, -0.2) is 8.78 Å². The molecule has 0 heterocycles. The van der Waals surface area contributed by atoms with E-state index in [0.717, 1.165) is 25.7 Å². The Hall–Kier alpha value is 0.248. The topological polar surface area (TPSA) is 0 Å². The molecule has 2 radical (unpaired) electrons. The fourth-order valence-corrected chi connectivity index (χ4v) is 2.60. The molecule has 1 aliphatic rings. The Morgan fingerprint density at radius 2 is 1.61 bits per heavy atom. The standard InChI is InChI=1S/C17H20F2.C2H5.V.Y.H2/c1-3-13-5-7-14(8-6-13)9-11-15-10-4-12(2)16(18)17(15)19;1-2;;;/h3-4,9-11,13-14H,1,5-8H2,2H3;1H2,2H3;;;1H/q;-1;;;/b11-9+;;;;. The second kappa shape index (κ2) is 13.5. The van der Waals surface area contributed by atoms with Crippen LogP contribution in [0, 0.1) is 37.3 Å². The molecular formula is C19H27F2VY-. The van der Waals surface area contributed by atoms with Crippen molar-refractivity contribution >= 4 is 6.08 Å². The Balaban J connectivity index is -0.000000850. The normalized spacial score (nSPS) is 19.9. The molecule has 0 unspecified atom stereocenters. The Morgan fingerprint density at radius 3 is 2.13 bits per heavy atom. The van der Waals surface area contributed by atoms with Gasteiger partial charge < -0.3 is 6.92 Å². The Bertz CT molecular complexity index is 498. The van der Waals surface area contributed by atoms with Crippen LogP contribution in [0.4, 0.5) is 8.78 Å². The van der Waals surface area contributed by atoms with Crippen LogP contribution in [0.1, 0.15) is 45.2 Å². The van der Waals surface area contributed by atoms with Gasteiger partial charge in [-0.1, -0.05) is 30.4 Å². The molecule has 0 aromatic heterocycles. The van der Waals surface area contributed by atoms with Crippen LogP contribution in [0.15, 0.2) is 30.9 Å². The molecule has 1 aromatic rings. The van der Waals surface area contributed by atoms with Crippen LogP contribution in [0.25, 0.3) is 6.08 Å². The first-order valence-electron chi connectivity index (χ1n) is 7.58. The van der Waals surface area contributed by atoms with Crippen molar-refractivity contribution in [3.05, 3.63) is 60.5 Å². The number of halogens is 2. The van der Waals surface area contributed by atoms with E-state index in [1.54, 1.807) is 32.1 Å². The van der Waals surface area contributed by atoms with Crippen molar-refractivity contribution in [3.8, 4) is 0 Å². The molecule has 0 saturated heterocycles. The summed E-state index contributed by atoms with van der Waals surface area (Å²) < 4.78 is 27.1. The Labute approximate surface area is 178 Å². The summed E-state index contributed by atoms with van der Waals surface area (Å²) in [4.78, 5) is 0. The molecule has 23 heavy (non-hydrogen) atoms. The maximum Gasteiger partial charge on any atom is 0.166 e. The van der Waals surface area contributed by atoms with E-state index in [1.807, 2.05) is 12.2 Å². The molecule has 0 bridgehead atoms. The summed E-state index contributed by atoms with van der Waals surface area (Å²) in [6.07, 6.45) is 10.2. The Morgan fingerprint density at radius 1 is 1.09 bits per heavy atom. The van der Waals surface area contributed by atoms with Crippen LogP contribution in [-0.4, -0.2) is 0 Å². The first-order chi connectivity index (χ1) is 10.1. The first-order valence-corrected chi connectivity index (χ1v) is 7.58. The summed E-state index contributed by atoms with van der Waals surface area (Å²) in [6, 6.07) is 3.26. The molecule has 1 aromatic carbocycles. The van der Waals surface area contributed by atoms with Crippen LogP contribution in [0.5, 0.6) is 0 Å². The predicted octanol–water partition coefficient (Wildman–Crippen LogP) is 6.36. The number of allylic oxidation sites excluding steroid dienone is 2. The van der Waals surface area contributed by atoms with Gasteiger partial charge in [-0.05, 0) is 50.0 Å². The van der Waals surface area contributed by atoms with E-state index in [-0.39, 0.29) is 52.7 Å². The van der Waals surface area contributed by atoms with E-state index in [2.05, 4.69) is 13.5 Å². The number of hydrogen-bond acceptors (Lipinski definition) is 0. The van der Waals surface area contributed by atoms with Crippen LogP contribution in [0.2, 0.25) is 0 Å². The second-order valence-electron chi connectivity index (χ2n) is 5.37. The van der Waals surface area contributed by atoms with Crippen molar-refractivity contribution in [3.63, 3.8) is 0 Å². The molecular weight excluding hydrogens is 406 g/mol. The summed E-state index contributed by atoms with van der Waals surface area (Å²) in [5, 5.41) is 0. The molecule has 0 amide bonds. The van der Waals surface area contributed by atoms with Crippen molar-refractivity contribution in [2.75, 3.05) is 0 Å². The van der Waals surface area contributed by atoms with E-state index in [9.17, 15) is 8.78 Å². The zero-order valence-corrected chi connectivity index (χ0v) is 18.3. The van der Waals surface area contributed by atoms with Gasteiger partial charge in [0.25, 0.3) is 0 Å². The molecule has 0 spiro atoms. The number of hydrogen-bond donors (Lipinski definition) is 0. The average molecular weight is 433 g/mol. The second-order valence-corrected chi connectivity index (χ2v) is 5.37. The quantitative estimate of drug-likeness (QED) is 0.385. The van der Waals surface area contributed by atoms with Crippen molar-refractivity contribution < 1.29 is 61.5 Å². The van der Waals surface area contributed by atoms with Crippen molar-refractivity contribution in [1.82, 2.24) is 0 Å². The van der Waals surface area contributed by atoms with Gasteiger partial charge >= 0.3 is 0 Å². The van der Waals surface area contributed by atoms with Crippen LogP contribution in [-0.2, 0) is 51.3 Å². The molecule has 1 aliphatic carbocycles. The predicted molar refractivity (Wildman–Crippen MR) is 88.9 cm³/mol. The van der Waals surface area contributed by atoms with Gasteiger partial charge in [-0.15, -0.1) is 6.58 Å². The number of benzene rings is 1. The van der Waals surface area contributed by atoms with E-state index >= 15 is 0 Å². The molecule has 2 rings (SSSR count). The van der Waals surface area contributed by atoms with Gasteiger partial charge in [-0.2, -0.15) is 6.92 Å². The fourth-order valence-electron chi connectivity index (χ4n) is 2.60. The van der Waals surface area contributed by atoms with Crippen LogP contribution in [0.3, 0.4) is 0 Å². The minimum atomic E-state index is -0.740. The van der Waals surface area contributed by atoms with Crippen molar-refractivity contribution in [1.29, 1.82) is 0 Å². The molecule has 1 saturated carbocycles. The smallest absolute Gasteiger partial charge is 0.166 e. The van der Waals surface area contributed by atoms with Gasteiger partial charge in [-0.3, -0.25) is 0 Å². The summed E-state index contributed by atoms with van der Waals surface area (Å²) in [7, 11) is 0. The van der Waals surface area contributed by atoms with Gasteiger partial charge in [0, 0.05) is 58.3 Å². The zero-order valence-electron chi connectivity index (χ0n) is 14.1. The molecule has 0 nitrogen and oxygen atoms in total.